The molecule has 27 heavy (non-hydrogen) atoms. The number of benzene rings is 2. The van der Waals surface area contributed by atoms with Crippen molar-refractivity contribution in [1.82, 2.24) is 9.97 Å². The number of amides is 1. The van der Waals surface area contributed by atoms with Crippen LogP contribution >= 0.6 is 11.3 Å². The third-order valence-electron chi connectivity index (χ3n) is 4.45. The van der Waals surface area contributed by atoms with Gasteiger partial charge in [-0.25, -0.2) is 4.98 Å². The van der Waals surface area contributed by atoms with Crippen LogP contribution in [0.5, 0.6) is 0 Å². The van der Waals surface area contributed by atoms with Crippen LogP contribution in [-0.4, -0.2) is 15.9 Å². The monoisotopic (exact) mass is 375 g/mol. The first-order valence-electron chi connectivity index (χ1n) is 8.50. The van der Waals surface area contributed by atoms with Gasteiger partial charge in [0.2, 0.25) is 0 Å². The van der Waals surface area contributed by atoms with Crippen LogP contribution in [0.4, 0.5) is 5.69 Å². The Balaban J connectivity index is 1.78. The highest BCUT2D eigenvalue weighted by atomic mass is 32.1. The van der Waals surface area contributed by atoms with Crippen LogP contribution in [0.2, 0.25) is 0 Å². The second-order valence-electron chi connectivity index (χ2n) is 6.29. The largest absolute Gasteiger partial charge is 0.321 e. The number of rotatable bonds is 3. The zero-order chi connectivity index (χ0) is 19.0. The molecular formula is C21H17N3O2S. The SMILES string of the molecule is Cc1ccccc1NC(=O)c1sc2nc(-c3ccccc3)[nH]c(=O)c2c1C. The van der Waals surface area contributed by atoms with Gasteiger partial charge in [-0.15, -0.1) is 11.3 Å². The lowest BCUT2D eigenvalue weighted by Crippen LogP contribution is -2.13. The smallest absolute Gasteiger partial charge is 0.266 e. The molecule has 0 saturated heterocycles. The number of nitrogens with zero attached hydrogens (tertiary/aromatic N) is 1. The fraction of sp³-hybridized carbons (Fsp3) is 0.0952. The van der Waals surface area contributed by atoms with E-state index in [9.17, 15) is 9.59 Å². The molecule has 2 heterocycles. The van der Waals surface area contributed by atoms with Crippen molar-refractivity contribution in [2.24, 2.45) is 0 Å². The molecule has 0 aliphatic rings. The molecule has 0 aliphatic heterocycles. The summed E-state index contributed by atoms with van der Waals surface area (Å²) in [7, 11) is 0. The van der Waals surface area contributed by atoms with E-state index in [1.165, 1.54) is 11.3 Å². The zero-order valence-electron chi connectivity index (χ0n) is 14.9. The number of aryl methyl sites for hydroxylation is 2. The van der Waals surface area contributed by atoms with Gasteiger partial charge in [-0.05, 0) is 31.0 Å². The van der Waals surface area contributed by atoms with Crippen molar-refractivity contribution in [3.63, 3.8) is 0 Å². The molecule has 134 valence electrons. The van der Waals surface area contributed by atoms with Crippen LogP contribution in [0.15, 0.2) is 59.4 Å². The van der Waals surface area contributed by atoms with Gasteiger partial charge < -0.3 is 10.3 Å². The predicted octanol–water partition coefficient (Wildman–Crippen LogP) is 4.52. The summed E-state index contributed by atoms with van der Waals surface area (Å²) in [4.78, 5) is 33.9. The standard InChI is InChI=1S/C21H17N3O2S/c1-12-8-6-7-11-15(12)22-20(26)17-13(2)16-19(25)23-18(24-21(16)27-17)14-9-4-3-5-10-14/h3-11H,1-2H3,(H,22,26)(H,23,24,25). The van der Waals surface area contributed by atoms with E-state index >= 15 is 0 Å². The number of fused-ring (bicyclic) bond motifs is 1. The molecule has 2 aromatic carbocycles. The average Bonchev–Trinajstić information content (AvgIpc) is 3.01. The molecule has 0 saturated carbocycles. The highest BCUT2D eigenvalue weighted by molar-refractivity contribution is 7.20. The molecular weight excluding hydrogens is 358 g/mol. The van der Waals surface area contributed by atoms with Gasteiger partial charge in [-0.1, -0.05) is 48.5 Å². The molecule has 4 rings (SSSR count). The van der Waals surface area contributed by atoms with Gasteiger partial charge in [0.25, 0.3) is 11.5 Å². The van der Waals surface area contributed by atoms with Crippen molar-refractivity contribution >= 4 is 33.1 Å². The van der Waals surface area contributed by atoms with E-state index in [1.54, 1.807) is 6.92 Å². The number of H-pyrrole nitrogens is 1. The molecule has 2 aromatic heterocycles. The van der Waals surface area contributed by atoms with Crippen LogP contribution in [0, 0.1) is 13.8 Å². The number of para-hydroxylation sites is 1. The number of carbonyl (C=O) groups excluding carboxylic acids is 1. The summed E-state index contributed by atoms with van der Waals surface area (Å²) >= 11 is 1.24. The van der Waals surface area contributed by atoms with E-state index in [0.29, 0.717) is 26.5 Å². The number of hydrogen-bond donors (Lipinski definition) is 2. The van der Waals surface area contributed by atoms with Crippen molar-refractivity contribution in [3.05, 3.63) is 81.0 Å². The van der Waals surface area contributed by atoms with E-state index in [2.05, 4.69) is 15.3 Å². The molecule has 0 spiro atoms. The molecule has 0 bridgehead atoms. The maximum absolute atomic E-state index is 12.8. The topological polar surface area (TPSA) is 74.8 Å². The summed E-state index contributed by atoms with van der Waals surface area (Å²) in [6.45, 7) is 3.72. The van der Waals surface area contributed by atoms with Crippen molar-refractivity contribution in [1.29, 1.82) is 0 Å². The van der Waals surface area contributed by atoms with E-state index in [4.69, 9.17) is 0 Å². The van der Waals surface area contributed by atoms with E-state index < -0.39 is 0 Å². The second kappa shape index (κ2) is 6.81. The predicted molar refractivity (Wildman–Crippen MR) is 110 cm³/mol. The average molecular weight is 375 g/mol. The Kier molecular flexibility index (Phi) is 4.33. The lowest BCUT2D eigenvalue weighted by Gasteiger charge is -2.07. The van der Waals surface area contributed by atoms with E-state index in [-0.39, 0.29) is 11.5 Å². The third-order valence-corrected chi connectivity index (χ3v) is 5.63. The van der Waals surface area contributed by atoms with Gasteiger partial charge in [-0.3, -0.25) is 9.59 Å². The van der Waals surface area contributed by atoms with Crippen LogP contribution in [0.25, 0.3) is 21.6 Å². The quantitative estimate of drug-likeness (QED) is 0.553. The summed E-state index contributed by atoms with van der Waals surface area (Å²) in [6, 6.07) is 17.0. The minimum Gasteiger partial charge on any atom is -0.321 e. The molecule has 0 atom stereocenters. The number of anilines is 1. The van der Waals surface area contributed by atoms with Gasteiger partial charge in [0.15, 0.2) is 0 Å². The highest BCUT2D eigenvalue weighted by Gasteiger charge is 2.20. The minimum atomic E-state index is -0.234. The second-order valence-corrected chi connectivity index (χ2v) is 7.29. The van der Waals surface area contributed by atoms with Crippen molar-refractivity contribution < 1.29 is 4.79 Å². The van der Waals surface area contributed by atoms with Gasteiger partial charge >= 0.3 is 0 Å². The van der Waals surface area contributed by atoms with Crippen LogP contribution in [-0.2, 0) is 0 Å². The summed E-state index contributed by atoms with van der Waals surface area (Å²) in [6.07, 6.45) is 0. The summed E-state index contributed by atoms with van der Waals surface area (Å²) in [5.74, 6) is 0.269. The van der Waals surface area contributed by atoms with E-state index in [0.717, 1.165) is 16.8 Å². The molecule has 2 N–H and O–H groups in total. The maximum Gasteiger partial charge on any atom is 0.266 e. The maximum atomic E-state index is 12.8. The zero-order valence-corrected chi connectivity index (χ0v) is 15.7. The fourth-order valence-electron chi connectivity index (χ4n) is 2.99. The third kappa shape index (κ3) is 3.15. The molecule has 0 unspecified atom stereocenters. The van der Waals surface area contributed by atoms with Crippen molar-refractivity contribution in [2.45, 2.75) is 13.8 Å². The number of thiophene rings is 1. The van der Waals surface area contributed by atoms with Gasteiger partial charge in [0.05, 0.1) is 10.3 Å². The Morgan fingerprint density at radius 1 is 1.04 bits per heavy atom. The van der Waals surface area contributed by atoms with Crippen LogP contribution < -0.4 is 10.9 Å². The summed E-state index contributed by atoms with van der Waals surface area (Å²) in [5.41, 5.74) is 2.98. The molecule has 6 heteroatoms. The molecule has 4 aromatic rings. The lowest BCUT2D eigenvalue weighted by atomic mass is 10.1. The number of nitrogens with one attached hydrogen (secondary N) is 2. The first-order chi connectivity index (χ1) is 13.0. The number of hydrogen-bond acceptors (Lipinski definition) is 4. The molecule has 0 aliphatic carbocycles. The molecule has 5 nitrogen and oxygen atoms in total. The Hall–Kier alpha value is -3.25. The molecule has 1 amide bonds. The lowest BCUT2D eigenvalue weighted by molar-refractivity contribution is 0.103. The Morgan fingerprint density at radius 3 is 2.48 bits per heavy atom. The number of carbonyl (C=O) groups is 1. The van der Waals surface area contributed by atoms with Crippen molar-refractivity contribution in [3.8, 4) is 11.4 Å². The molecule has 0 radical (unpaired) electrons. The first kappa shape index (κ1) is 17.2. The summed E-state index contributed by atoms with van der Waals surface area (Å²) < 4.78 is 0. The normalized spacial score (nSPS) is 10.9. The van der Waals surface area contributed by atoms with Gasteiger partial charge in [-0.2, -0.15) is 0 Å². The first-order valence-corrected chi connectivity index (χ1v) is 9.32. The Bertz CT molecular complexity index is 1210. The highest BCUT2D eigenvalue weighted by Crippen LogP contribution is 2.29. The van der Waals surface area contributed by atoms with Crippen LogP contribution in [0.3, 0.4) is 0 Å². The Labute approximate surface area is 159 Å². The summed E-state index contributed by atoms with van der Waals surface area (Å²) in [5, 5.41) is 3.39. The minimum absolute atomic E-state index is 0.231. The number of aromatic nitrogens is 2. The molecule has 0 fully saturated rings. The number of aromatic amines is 1. The van der Waals surface area contributed by atoms with Crippen LogP contribution in [0.1, 0.15) is 20.8 Å². The van der Waals surface area contributed by atoms with Gasteiger partial charge in [0, 0.05) is 11.3 Å². The van der Waals surface area contributed by atoms with E-state index in [1.807, 2.05) is 61.5 Å². The fourth-order valence-corrected chi connectivity index (χ4v) is 4.06. The van der Waals surface area contributed by atoms with Crippen molar-refractivity contribution in [2.75, 3.05) is 5.32 Å². The Morgan fingerprint density at radius 2 is 1.74 bits per heavy atom. The van der Waals surface area contributed by atoms with Gasteiger partial charge in [0.1, 0.15) is 10.7 Å².